The van der Waals surface area contributed by atoms with Crippen molar-refractivity contribution in [2.24, 2.45) is 11.1 Å². The molecule has 5 atom stereocenters. The van der Waals surface area contributed by atoms with Crippen LogP contribution in [-0.2, 0) is 20.8 Å². The van der Waals surface area contributed by atoms with Crippen molar-refractivity contribution in [1.82, 2.24) is 15.0 Å². The molecule has 4 fully saturated rings. The molecule has 2 aromatic rings. The van der Waals surface area contributed by atoms with Gasteiger partial charge in [0.2, 0.25) is 0 Å². The van der Waals surface area contributed by atoms with E-state index in [0.717, 1.165) is 80.8 Å². The Bertz CT molecular complexity index is 1220. The fourth-order valence-corrected chi connectivity index (χ4v) is 7.73. The number of piperidine rings is 1. The van der Waals surface area contributed by atoms with Gasteiger partial charge in [0, 0.05) is 43.9 Å². The lowest BCUT2D eigenvalue weighted by molar-refractivity contribution is -0.00632. The van der Waals surface area contributed by atoms with Crippen LogP contribution in [-0.4, -0.2) is 96.5 Å². The molecule has 0 radical (unpaired) electrons. The Morgan fingerprint density at radius 1 is 1.20 bits per heavy atom. The van der Waals surface area contributed by atoms with E-state index in [4.69, 9.17) is 34.6 Å². The largest absolute Gasteiger partial charge is 0.486 e. The molecule has 1 spiro atoms. The van der Waals surface area contributed by atoms with E-state index in [0.29, 0.717) is 23.9 Å². The number of hydrogen-bond donors (Lipinski definition) is 2. The van der Waals surface area contributed by atoms with Crippen molar-refractivity contribution in [3.8, 4) is 5.75 Å². The number of aliphatic hydroxyl groups excluding tert-OH is 1. The minimum absolute atomic E-state index is 0.0321. The van der Waals surface area contributed by atoms with Crippen molar-refractivity contribution in [1.29, 1.82) is 0 Å². The highest BCUT2D eigenvalue weighted by molar-refractivity contribution is 7.99. The molecular formula is C28H38N6O5S. The molecule has 7 heterocycles. The van der Waals surface area contributed by atoms with Gasteiger partial charge in [0.25, 0.3) is 0 Å². The third kappa shape index (κ3) is 4.82. The zero-order valence-electron chi connectivity index (χ0n) is 22.9. The number of fused-ring (bicyclic) bond motifs is 3. The molecule has 3 N–H and O–H groups in total. The fraction of sp³-hybridized carbons (Fsp3) is 0.679. The molecule has 0 saturated carbocycles. The summed E-state index contributed by atoms with van der Waals surface area (Å²) in [5.41, 5.74) is 7.11. The summed E-state index contributed by atoms with van der Waals surface area (Å²) in [7, 11) is 0. The van der Waals surface area contributed by atoms with Crippen LogP contribution in [0.1, 0.15) is 38.3 Å². The van der Waals surface area contributed by atoms with Crippen LogP contribution < -0.4 is 20.3 Å². The molecule has 2 aromatic heterocycles. The topological polar surface area (TPSA) is 128 Å². The Balaban J connectivity index is 1.05. The van der Waals surface area contributed by atoms with Crippen LogP contribution in [0.15, 0.2) is 28.4 Å². The Morgan fingerprint density at radius 2 is 2.08 bits per heavy atom. The maximum atomic E-state index is 10.2. The normalized spacial score (nSPS) is 30.9. The lowest BCUT2D eigenvalue weighted by Gasteiger charge is -2.41. The van der Waals surface area contributed by atoms with Crippen LogP contribution in [0.3, 0.4) is 0 Å². The van der Waals surface area contributed by atoms with Crippen LogP contribution in [0.25, 0.3) is 0 Å². The summed E-state index contributed by atoms with van der Waals surface area (Å²) < 4.78 is 23.9. The number of ether oxygens (including phenoxy) is 4. The predicted octanol–water partition coefficient (Wildman–Crippen LogP) is 1.99. The standard InChI is InChI=1S/C28H38N6O5S/c1-17-25(29)28(16-38-17)4-7-33(8-5-28)26-21(13-35)32-23(11-31-26)40-22-2-6-30-27-24(22)37-14-18-10-20(12-34(18)27)39-19-3-9-36-15-19/h2,6,11,17-20,25,35H,3-5,7-10,12-16,29H2,1H3/t17-,18-,19+,20-,25+/m0/s1. The molecule has 216 valence electrons. The Kier molecular flexibility index (Phi) is 7.25. The second-order valence-electron chi connectivity index (χ2n) is 11.7. The number of aromatic nitrogens is 3. The first-order chi connectivity index (χ1) is 19.5. The number of hydrogen-bond acceptors (Lipinski definition) is 12. The van der Waals surface area contributed by atoms with Gasteiger partial charge in [-0.25, -0.2) is 15.0 Å². The molecule has 40 heavy (non-hydrogen) atoms. The molecule has 4 saturated heterocycles. The highest BCUT2D eigenvalue weighted by atomic mass is 32.2. The van der Waals surface area contributed by atoms with Crippen LogP contribution >= 0.6 is 11.8 Å². The number of pyridine rings is 1. The Hall–Kier alpha value is -2.22. The van der Waals surface area contributed by atoms with Crippen LogP contribution in [0.2, 0.25) is 0 Å². The average molecular weight is 571 g/mol. The summed E-state index contributed by atoms with van der Waals surface area (Å²) in [6, 6.07) is 2.27. The van der Waals surface area contributed by atoms with E-state index in [1.54, 1.807) is 6.20 Å². The van der Waals surface area contributed by atoms with Gasteiger partial charge in [0.1, 0.15) is 17.3 Å². The molecule has 0 aliphatic carbocycles. The van der Waals surface area contributed by atoms with E-state index in [-0.39, 0.29) is 42.4 Å². The van der Waals surface area contributed by atoms with Crippen LogP contribution in [0.5, 0.6) is 5.75 Å². The van der Waals surface area contributed by atoms with Crippen molar-refractivity contribution in [3.63, 3.8) is 0 Å². The van der Waals surface area contributed by atoms with Gasteiger partial charge in [-0.3, -0.25) is 0 Å². The summed E-state index contributed by atoms with van der Waals surface area (Å²) in [4.78, 5) is 19.7. The minimum Gasteiger partial charge on any atom is -0.486 e. The lowest BCUT2D eigenvalue weighted by Crippen LogP contribution is -2.51. The van der Waals surface area contributed by atoms with Crippen molar-refractivity contribution < 1.29 is 24.1 Å². The summed E-state index contributed by atoms with van der Waals surface area (Å²) in [6.07, 6.45) is 7.83. The van der Waals surface area contributed by atoms with Crippen molar-refractivity contribution >= 4 is 23.4 Å². The first kappa shape index (κ1) is 26.7. The van der Waals surface area contributed by atoms with Gasteiger partial charge in [-0.2, -0.15) is 0 Å². The van der Waals surface area contributed by atoms with Crippen molar-refractivity contribution in [3.05, 3.63) is 24.2 Å². The average Bonchev–Trinajstić information content (AvgIpc) is 3.71. The van der Waals surface area contributed by atoms with E-state index < -0.39 is 0 Å². The fourth-order valence-electron chi connectivity index (χ4n) is 6.87. The third-order valence-electron chi connectivity index (χ3n) is 9.26. The molecule has 0 aromatic carbocycles. The van der Waals surface area contributed by atoms with Gasteiger partial charge in [-0.15, -0.1) is 0 Å². The zero-order chi connectivity index (χ0) is 27.3. The van der Waals surface area contributed by atoms with Crippen LogP contribution in [0.4, 0.5) is 11.6 Å². The van der Waals surface area contributed by atoms with Gasteiger partial charge >= 0.3 is 0 Å². The minimum atomic E-state index is -0.175. The molecular weight excluding hydrogens is 532 g/mol. The SMILES string of the molecule is C[C@@H]1OCC2(CCN(c3ncc(Sc4ccnc5c4OC[C@@H]4C[C@H](O[C@@H]6CCOC6)CN54)nc3CO)CC2)[C@@H]1N. The first-order valence-electron chi connectivity index (χ1n) is 14.4. The van der Waals surface area contributed by atoms with Crippen LogP contribution in [0, 0.1) is 5.41 Å². The maximum Gasteiger partial charge on any atom is 0.175 e. The van der Waals surface area contributed by atoms with E-state index in [1.807, 2.05) is 12.3 Å². The number of anilines is 2. The molecule has 7 rings (SSSR count). The number of rotatable bonds is 6. The van der Waals surface area contributed by atoms with Crippen molar-refractivity contribution in [2.75, 3.05) is 55.9 Å². The lowest BCUT2D eigenvalue weighted by atomic mass is 9.73. The molecule has 5 aliphatic heterocycles. The third-order valence-corrected chi connectivity index (χ3v) is 10.2. The molecule has 0 unspecified atom stereocenters. The smallest absolute Gasteiger partial charge is 0.175 e. The van der Waals surface area contributed by atoms with Gasteiger partial charge in [-0.1, -0.05) is 11.8 Å². The van der Waals surface area contributed by atoms with Gasteiger partial charge in [-0.05, 0) is 38.7 Å². The number of nitrogens with zero attached hydrogens (tertiary/aromatic N) is 5. The molecule has 11 nitrogen and oxygen atoms in total. The Labute approximate surface area is 238 Å². The monoisotopic (exact) mass is 570 g/mol. The second-order valence-corrected chi connectivity index (χ2v) is 12.8. The van der Waals surface area contributed by atoms with E-state index in [9.17, 15) is 5.11 Å². The summed E-state index contributed by atoms with van der Waals surface area (Å²) >= 11 is 1.49. The number of aliphatic hydroxyl groups is 1. The summed E-state index contributed by atoms with van der Waals surface area (Å²) in [6.45, 7) is 7.11. The maximum absolute atomic E-state index is 10.2. The highest BCUT2D eigenvalue weighted by Crippen LogP contribution is 2.45. The molecule has 0 amide bonds. The predicted molar refractivity (Wildman–Crippen MR) is 149 cm³/mol. The van der Waals surface area contributed by atoms with E-state index in [2.05, 4.69) is 21.7 Å². The quantitative estimate of drug-likeness (QED) is 0.527. The van der Waals surface area contributed by atoms with Gasteiger partial charge < -0.3 is 39.6 Å². The van der Waals surface area contributed by atoms with Gasteiger partial charge in [0.15, 0.2) is 17.4 Å². The van der Waals surface area contributed by atoms with Crippen molar-refractivity contribution in [2.45, 2.75) is 79.5 Å². The summed E-state index contributed by atoms with van der Waals surface area (Å²) in [5, 5.41) is 10.9. The van der Waals surface area contributed by atoms with Gasteiger partial charge in [0.05, 0.1) is 55.3 Å². The zero-order valence-corrected chi connectivity index (χ0v) is 23.7. The van der Waals surface area contributed by atoms with E-state index in [1.165, 1.54) is 11.8 Å². The Morgan fingerprint density at radius 3 is 2.83 bits per heavy atom. The first-order valence-corrected chi connectivity index (χ1v) is 15.2. The molecule has 0 bridgehead atoms. The highest BCUT2D eigenvalue weighted by Gasteiger charge is 2.48. The molecule has 5 aliphatic rings. The summed E-state index contributed by atoms with van der Waals surface area (Å²) in [5.74, 6) is 2.37. The second kappa shape index (κ2) is 10.9. The van der Waals surface area contributed by atoms with E-state index >= 15 is 0 Å². The molecule has 12 heteroatoms. The number of nitrogens with two attached hydrogens (primary N) is 1.